The number of carbonyl (C=O) groups is 1. The molecule has 2 N–H and O–H groups in total. The van der Waals surface area contributed by atoms with Crippen molar-refractivity contribution >= 4 is 34.7 Å². The van der Waals surface area contributed by atoms with Gasteiger partial charge in [0.25, 0.3) is 0 Å². The molecule has 160 valence electrons. The van der Waals surface area contributed by atoms with Crippen LogP contribution in [0.1, 0.15) is 37.7 Å². The van der Waals surface area contributed by atoms with E-state index in [4.69, 9.17) is 0 Å². The van der Waals surface area contributed by atoms with Crippen LogP contribution in [0.3, 0.4) is 0 Å². The SMILES string of the molecule is O=C(CC1CCC(F)(F)CC1)Nc1cc(C(F)(F)F)cc2c1Nc1ccccc1S2. The highest BCUT2D eigenvalue weighted by Crippen LogP contribution is 2.49. The molecule has 4 rings (SSSR count). The Labute approximate surface area is 174 Å². The first kappa shape index (κ1) is 21.0. The van der Waals surface area contributed by atoms with Crippen molar-refractivity contribution in [3.05, 3.63) is 42.0 Å². The number of para-hydroxylation sites is 1. The molecule has 1 heterocycles. The summed E-state index contributed by atoms with van der Waals surface area (Å²) in [6.07, 6.45) is -4.64. The Balaban J connectivity index is 1.57. The summed E-state index contributed by atoms with van der Waals surface area (Å²) in [6, 6.07) is 9.17. The lowest BCUT2D eigenvalue weighted by Gasteiger charge is -2.28. The lowest BCUT2D eigenvalue weighted by Crippen LogP contribution is -2.27. The third-order valence-corrected chi connectivity index (χ3v) is 6.50. The topological polar surface area (TPSA) is 41.1 Å². The zero-order valence-corrected chi connectivity index (χ0v) is 16.6. The van der Waals surface area contributed by atoms with Crippen LogP contribution in [-0.2, 0) is 11.0 Å². The van der Waals surface area contributed by atoms with Crippen LogP contribution in [-0.4, -0.2) is 11.8 Å². The number of benzene rings is 2. The van der Waals surface area contributed by atoms with E-state index in [1.165, 1.54) is 11.8 Å². The first-order valence-corrected chi connectivity index (χ1v) is 10.4. The molecule has 0 bridgehead atoms. The molecule has 1 aliphatic heterocycles. The minimum atomic E-state index is -4.57. The van der Waals surface area contributed by atoms with E-state index in [2.05, 4.69) is 10.6 Å². The van der Waals surface area contributed by atoms with Gasteiger partial charge in [-0.25, -0.2) is 8.78 Å². The molecule has 2 aliphatic rings. The summed E-state index contributed by atoms with van der Waals surface area (Å²) in [7, 11) is 0. The monoisotopic (exact) mass is 442 g/mol. The Morgan fingerprint density at radius 1 is 1.13 bits per heavy atom. The van der Waals surface area contributed by atoms with Crippen molar-refractivity contribution in [2.24, 2.45) is 5.92 Å². The van der Waals surface area contributed by atoms with Crippen LogP contribution in [0.25, 0.3) is 0 Å². The van der Waals surface area contributed by atoms with Crippen LogP contribution in [0.5, 0.6) is 0 Å². The molecule has 1 aliphatic carbocycles. The van der Waals surface area contributed by atoms with Gasteiger partial charge in [0, 0.05) is 29.1 Å². The van der Waals surface area contributed by atoms with Crippen LogP contribution in [0.15, 0.2) is 46.2 Å². The Bertz CT molecular complexity index is 966. The smallest absolute Gasteiger partial charge is 0.352 e. The van der Waals surface area contributed by atoms with Gasteiger partial charge in [0.1, 0.15) is 0 Å². The quantitative estimate of drug-likeness (QED) is 0.427. The second kappa shape index (κ2) is 7.76. The molecule has 1 saturated carbocycles. The number of carbonyl (C=O) groups excluding carboxylic acids is 1. The number of nitrogens with one attached hydrogen (secondary N) is 2. The molecule has 2 aromatic rings. The van der Waals surface area contributed by atoms with E-state index in [-0.39, 0.29) is 43.7 Å². The van der Waals surface area contributed by atoms with E-state index in [1.54, 1.807) is 24.3 Å². The Hall–Kier alpha value is -2.29. The fraction of sp³-hybridized carbons (Fsp3) is 0.381. The normalized spacial score (nSPS) is 18.2. The molecule has 1 fully saturated rings. The predicted octanol–water partition coefficient (Wildman–Crippen LogP) is 7.07. The lowest BCUT2D eigenvalue weighted by molar-refractivity contribution is -0.137. The molecular formula is C21H19F5N2OS. The minimum absolute atomic E-state index is 0.00479. The summed E-state index contributed by atoms with van der Waals surface area (Å²) in [4.78, 5) is 13.7. The molecule has 0 saturated heterocycles. The third kappa shape index (κ3) is 4.55. The Morgan fingerprint density at radius 3 is 2.53 bits per heavy atom. The van der Waals surface area contributed by atoms with E-state index >= 15 is 0 Å². The highest BCUT2D eigenvalue weighted by atomic mass is 32.2. The highest BCUT2D eigenvalue weighted by molar-refractivity contribution is 7.99. The number of alkyl halides is 5. The number of rotatable bonds is 3. The zero-order chi connectivity index (χ0) is 21.5. The molecule has 30 heavy (non-hydrogen) atoms. The van der Waals surface area contributed by atoms with Crippen molar-refractivity contribution in [2.75, 3.05) is 10.6 Å². The third-order valence-electron chi connectivity index (χ3n) is 5.38. The highest BCUT2D eigenvalue weighted by Gasteiger charge is 2.36. The lowest BCUT2D eigenvalue weighted by atomic mass is 9.84. The van der Waals surface area contributed by atoms with E-state index in [9.17, 15) is 26.7 Å². The van der Waals surface area contributed by atoms with Crippen LogP contribution in [0.2, 0.25) is 0 Å². The zero-order valence-electron chi connectivity index (χ0n) is 15.8. The number of hydrogen-bond acceptors (Lipinski definition) is 3. The standard InChI is InChI=1S/C21H19F5N2OS/c22-20(23)7-5-12(6-8-20)9-18(29)27-15-10-13(21(24,25)26)11-17-19(15)28-14-3-1-2-4-16(14)30-17/h1-4,10-12,28H,5-9H2,(H,27,29). The number of anilines is 3. The molecule has 3 nitrogen and oxygen atoms in total. The average molecular weight is 442 g/mol. The largest absolute Gasteiger partial charge is 0.416 e. The molecule has 0 aromatic heterocycles. The summed E-state index contributed by atoms with van der Waals surface area (Å²) in [6.45, 7) is 0. The van der Waals surface area contributed by atoms with Crippen LogP contribution in [0, 0.1) is 5.92 Å². The van der Waals surface area contributed by atoms with Crippen molar-refractivity contribution in [2.45, 2.75) is 54.0 Å². The molecule has 0 unspecified atom stereocenters. The van der Waals surface area contributed by atoms with Gasteiger partial charge in [0.2, 0.25) is 11.8 Å². The van der Waals surface area contributed by atoms with Crippen LogP contribution in [0.4, 0.5) is 39.0 Å². The molecule has 1 amide bonds. The van der Waals surface area contributed by atoms with E-state index in [1.807, 2.05) is 0 Å². The molecule has 9 heteroatoms. The van der Waals surface area contributed by atoms with E-state index in [0.717, 1.165) is 22.7 Å². The molecular weight excluding hydrogens is 423 g/mol. The number of fused-ring (bicyclic) bond motifs is 2. The van der Waals surface area contributed by atoms with Gasteiger partial charge < -0.3 is 10.6 Å². The van der Waals surface area contributed by atoms with Crippen molar-refractivity contribution in [3.8, 4) is 0 Å². The van der Waals surface area contributed by atoms with E-state index < -0.39 is 23.6 Å². The fourth-order valence-corrected chi connectivity index (χ4v) is 4.83. The first-order valence-electron chi connectivity index (χ1n) is 9.57. The Morgan fingerprint density at radius 2 is 1.83 bits per heavy atom. The van der Waals surface area contributed by atoms with Crippen molar-refractivity contribution in [1.29, 1.82) is 0 Å². The number of halogens is 5. The summed E-state index contributed by atoms with van der Waals surface area (Å²) in [5.74, 6) is -3.37. The van der Waals surface area contributed by atoms with Gasteiger partial charge in [0.15, 0.2) is 0 Å². The van der Waals surface area contributed by atoms with Crippen molar-refractivity contribution in [3.63, 3.8) is 0 Å². The van der Waals surface area contributed by atoms with Crippen LogP contribution < -0.4 is 10.6 Å². The van der Waals surface area contributed by atoms with Crippen molar-refractivity contribution in [1.82, 2.24) is 0 Å². The molecule has 0 radical (unpaired) electrons. The number of hydrogen-bond donors (Lipinski definition) is 2. The fourth-order valence-electron chi connectivity index (χ4n) is 3.77. The van der Waals surface area contributed by atoms with Gasteiger partial charge in [-0.15, -0.1) is 0 Å². The summed E-state index contributed by atoms with van der Waals surface area (Å²) in [5.41, 5.74) is 0.311. The number of amides is 1. The van der Waals surface area contributed by atoms with Gasteiger partial charge in [0.05, 0.1) is 22.6 Å². The van der Waals surface area contributed by atoms with Gasteiger partial charge in [-0.1, -0.05) is 23.9 Å². The average Bonchev–Trinajstić information content (AvgIpc) is 2.67. The molecule has 0 spiro atoms. The van der Waals surface area contributed by atoms with Gasteiger partial charge in [-0.05, 0) is 43.0 Å². The molecule has 0 atom stereocenters. The summed E-state index contributed by atoms with van der Waals surface area (Å²) >= 11 is 1.19. The van der Waals surface area contributed by atoms with Gasteiger partial charge in [-0.2, -0.15) is 13.2 Å². The second-order valence-corrected chi connectivity index (χ2v) is 8.75. The predicted molar refractivity (Wildman–Crippen MR) is 105 cm³/mol. The van der Waals surface area contributed by atoms with Gasteiger partial charge >= 0.3 is 6.18 Å². The Kier molecular flexibility index (Phi) is 5.42. The van der Waals surface area contributed by atoms with Gasteiger partial charge in [-0.3, -0.25) is 4.79 Å². The maximum absolute atomic E-state index is 13.4. The molecule has 2 aromatic carbocycles. The first-order chi connectivity index (χ1) is 14.1. The van der Waals surface area contributed by atoms with Crippen LogP contribution >= 0.6 is 11.8 Å². The summed E-state index contributed by atoms with van der Waals surface area (Å²) < 4.78 is 66.8. The van der Waals surface area contributed by atoms with E-state index in [0.29, 0.717) is 10.6 Å². The maximum Gasteiger partial charge on any atom is 0.416 e. The van der Waals surface area contributed by atoms with Crippen molar-refractivity contribution < 1.29 is 26.7 Å². The maximum atomic E-state index is 13.4. The minimum Gasteiger partial charge on any atom is -0.352 e. The summed E-state index contributed by atoms with van der Waals surface area (Å²) in [5, 5.41) is 5.68. The second-order valence-electron chi connectivity index (χ2n) is 7.67.